The minimum Gasteiger partial charge on any atom is -0.497 e. The first-order chi connectivity index (χ1) is 70.1. The van der Waals surface area contributed by atoms with Crippen molar-refractivity contribution in [2.45, 2.75) is 39.2 Å². The van der Waals surface area contributed by atoms with Crippen LogP contribution in [0.3, 0.4) is 0 Å². The van der Waals surface area contributed by atoms with Crippen molar-refractivity contribution in [1.82, 2.24) is 9.78 Å². The fraction of sp³-hybridized carbons (Fsp3) is 0.115. The van der Waals surface area contributed by atoms with Crippen LogP contribution in [-0.2, 0) is 11.0 Å². The molecule has 0 saturated heterocycles. The van der Waals surface area contributed by atoms with Gasteiger partial charge in [-0.05, 0) is 339 Å². The summed E-state index contributed by atoms with van der Waals surface area (Å²) < 4.78 is 72.6. The highest BCUT2D eigenvalue weighted by Crippen LogP contribution is 2.61. The van der Waals surface area contributed by atoms with E-state index in [9.17, 15) is 14.4 Å². The Balaban J connectivity index is 0.000000141. The summed E-state index contributed by atoms with van der Waals surface area (Å²) in [6, 6.07) is 124. The third-order valence-electron chi connectivity index (χ3n) is 25.7. The van der Waals surface area contributed by atoms with Gasteiger partial charge in [0.1, 0.15) is 96.5 Å². The molecule has 6 heterocycles. The molecule has 0 radical (unpaired) electrons. The Morgan fingerprint density at radius 1 is 0.269 bits per heavy atom. The zero-order valence-electron chi connectivity index (χ0n) is 80.4. The van der Waals surface area contributed by atoms with Crippen molar-refractivity contribution >= 4 is 166 Å². The number of benzene rings is 17. The summed E-state index contributed by atoms with van der Waals surface area (Å²) in [4.78, 5) is 47.3. The van der Waals surface area contributed by atoms with E-state index in [0.717, 1.165) is 168 Å². The van der Waals surface area contributed by atoms with E-state index in [1.807, 2.05) is 231 Å². The molecule has 0 saturated carbocycles. The summed E-state index contributed by atoms with van der Waals surface area (Å²) in [5, 5.41) is 8.97. The summed E-state index contributed by atoms with van der Waals surface area (Å²) in [6.07, 6.45) is 0. The smallest absolute Gasteiger partial charge is 0.200 e. The molecule has 0 atom stereocenters. The quantitative estimate of drug-likeness (QED) is 0.0651. The number of anilines is 12. The molecule has 23 heteroatoms. The largest absolute Gasteiger partial charge is 0.497 e. The van der Waals surface area contributed by atoms with Crippen LogP contribution in [0.2, 0.25) is 0 Å². The van der Waals surface area contributed by atoms with Crippen LogP contribution in [-0.4, -0.2) is 66.7 Å². The highest BCUT2D eigenvalue weighted by Gasteiger charge is 2.53. The van der Waals surface area contributed by atoms with Crippen molar-refractivity contribution in [3.63, 3.8) is 0 Å². The molecule has 0 N–H and O–H groups in total. The number of halogens is 2. The van der Waals surface area contributed by atoms with Crippen LogP contribution in [0.1, 0.15) is 50.6 Å². The minimum absolute atomic E-state index is 0. The van der Waals surface area contributed by atoms with E-state index in [4.69, 9.17) is 61.0 Å². The highest BCUT2D eigenvalue weighted by atomic mass is 79.9. The number of aromatic nitrogens is 2. The van der Waals surface area contributed by atoms with Gasteiger partial charge in [-0.25, -0.2) is 4.68 Å². The molecule has 0 aliphatic carbocycles. The van der Waals surface area contributed by atoms with Crippen LogP contribution in [0, 0.1) is 0 Å². The summed E-state index contributed by atoms with van der Waals surface area (Å²) in [5.41, 5.74) is 19.4. The Hall–Kier alpha value is -17.3. The maximum absolute atomic E-state index is 14.4. The van der Waals surface area contributed by atoms with Gasteiger partial charge in [0.15, 0.2) is 0 Å². The van der Waals surface area contributed by atoms with Crippen LogP contribution < -0.4 is 78.5 Å². The van der Waals surface area contributed by atoms with Crippen molar-refractivity contribution in [3.8, 4) is 68.8 Å². The predicted molar refractivity (Wildman–Crippen MR) is 588 cm³/mol. The van der Waals surface area contributed by atoms with Crippen LogP contribution in [0.15, 0.2) is 419 Å². The molecular formula is C122H100Br2N6O15. The molecule has 0 amide bonds. The van der Waals surface area contributed by atoms with Crippen molar-refractivity contribution in [2.24, 2.45) is 0 Å². The molecule has 1 spiro atoms. The lowest BCUT2D eigenvalue weighted by Gasteiger charge is -2.40. The molecule has 145 heavy (non-hydrogen) atoms. The molecule has 0 unspecified atom stereocenters. The normalized spacial score (nSPS) is 11.8. The number of hydrogen-bond donors (Lipinski definition) is 0. The standard InChI is InChI=1S/C54H48N4O5.C41H34N2O6.C13H6Br2O2.C13H8O2.CH4/c1-53(2,3)52-34-49-45-10-8-9-11-46(45)54(58(49)55-52)47-32-39(56(35-12-22-41(59-4)23-13-35)36-14-24-42(60-5)25-15-36)20-30-50(47)63-51-31-21-40(33-48(51)54)57(37-16-26-43(61-6)27-17-37)38-18-28-44(62-7)29-19-38;1-45-33-15-5-27(6-16-33)42(28-7-17-34(46-2)18-8-28)31-13-23-39-37(25-31)41(44)38-26-32(14-24-40(38)49-39)43(29-9-19-35(47-3)20-10-29)30-11-21-36(48-4)22-12-30;14-7-1-3-11-9(5-7)13(16)10-6-8(15)2-4-12(10)17-11;14-13-9-5-1-3-7-11(9)15-12-8-4-2-6-10(12)13;/h8-34H,1-7H3;5-26H,1-4H3;1-6H;1-8H;1H4. The third-order valence-corrected chi connectivity index (χ3v) is 26.7. The highest BCUT2D eigenvalue weighted by molar-refractivity contribution is 9.10. The second-order valence-corrected chi connectivity index (χ2v) is 37.0. The van der Waals surface area contributed by atoms with Crippen molar-refractivity contribution in [2.75, 3.05) is 76.5 Å². The van der Waals surface area contributed by atoms with Crippen LogP contribution >= 0.6 is 31.9 Å². The number of fused-ring (bicyclic) bond motifs is 15. The van der Waals surface area contributed by atoms with Gasteiger partial charge < -0.3 is 75.5 Å². The monoisotopic (exact) mass is 2050 g/mol. The van der Waals surface area contributed by atoms with Gasteiger partial charge in [0, 0.05) is 99.3 Å². The molecule has 23 rings (SSSR count). The average molecular weight is 2050 g/mol. The van der Waals surface area contributed by atoms with Crippen LogP contribution in [0.25, 0.3) is 77.1 Å². The first kappa shape index (κ1) is 96.6. The van der Waals surface area contributed by atoms with Gasteiger partial charge in [0.2, 0.25) is 16.3 Å². The number of rotatable bonds is 20. The van der Waals surface area contributed by atoms with E-state index in [1.165, 1.54) is 0 Å². The summed E-state index contributed by atoms with van der Waals surface area (Å²) in [7, 11) is 13.3. The first-order valence-corrected chi connectivity index (χ1v) is 48.0. The zero-order chi connectivity index (χ0) is 99.6. The van der Waals surface area contributed by atoms with Crippen molar-refractivity contribution < 1.29 is 55.9 Å². The van der Waals surface area contributed by atoms with Crippen LogP contribution in [0.5, 0.6) is 57.5 Å². The lowest BCUT2D eigenvalue weighted by molar-refractivity contribution is 0.377. The second kappa shape index (κ2) is 41.1. The predicted octanol–water partition coefficient (Wildman–Crippen LogP) is 31.1. The molecule has 21 nitrogen and oxygen atoms in total. The maximum Gasteiger partial charge on any atom is 0.200 e. The fourth-order valence-corrected chi connectivity index (χ4v) is 19.2. The van der Waals surface area contributed by atoms with E-state index < -0.39 is 5.54 Å². The topological polar surface area (TPSA) is 204 Å². The average Bonchev–Trinajstić information content (AvgIpc) is 1.51. The molecular weight excluding hydrogens is 1950 g/mol. The van der Waals surface area contributed by atoms with E-state index in [1.54, 1.807) is 93.3 Å². The molecule has 2 aliphatic rings. The number of methoxy groups -OCH3 is 8. The lowest BCUT2D eigenvalue weighted by atomic mass is 9.75. The number of hydrogen-bond acceptors (Lipinski definition) is 20. The molecule has 17 aromatic carbocycles. The molecule has 0 bridgehead atoms. The Morgan fingerprint density at radius 2 is 0.517 bits per heavy atom. The molecule has 0 fully saturated rings. The van der Waals surface area contributed by atoms with Gasteiger partial charge in [-0.3, -0.25) is 14.4 Å². The number of ether oxygens (including phenoxy) is 9. The number of nitrogens with zero attached hydrogens (tertiary/aromatic N) is 6. The fourth-order valence-electron chi connectivity index (χ4n) is 18.5. The van der Waals surface area contributed by atoms with E-state index in [-0.39, 0.29) is 29.1 Å². The van der Waals surface area contributed by atoms with Gasteiger partial charge in [-0.2, -0.15) is 5.10 Å². The van der Waals surface area contributed by atoms with Crippen molar-refractivity contribution in [3.05, 3.63) is 444 Å². The lowest BCUT2D eigenvalue weighted by Crippen LogP contribution is -2.39. The molecule has 21 aromatic rings. The SMILES string of the molecule is C.COc1ccc(N(c2ccc(OC)cc2)c2ccc3c(c2)C2(c4cc(N(c5ccc(OC)cc5)c5ccc(OC)cc5)ccc4O3)c3ccccc3-c3cc(C(C)(C)C)nn32)cc1.COc1ccc(N(c2ccc(OC)cc2)c2ccc3oc4ccc(N(c5ccc(OC)cc5)c5ccc(OC)cc5)cc4c(=O)c3c2)cc1.O=c1c2cc(Br)ccc2oc2ccc(Br)cc12.O=c1c2ccccc2oc2ccccc12. The van der Waals surface area contributed by atoms with Gasteiger partial charge in [0.25, 0.3) is 0 Å². The minimum atomic E-state index is -0.943. The Morgan fingerprint density at radius 3 is 0.821 bits per heavy atom. The van der Waals surface area contributed by atoms with E-state index in [0.29, 0.717) is 65.8 Å². The van der Waals surface area contributed by atoms with Crippen LogP contribution in [0.4, 0.5) is 68.2 Å². The summed E-state index contributed by atoms with van der Waals surface area (Å²) in [5.74, 6) is 7.61. The molecule has 2 aliphatic heterocycles. The van der Waals surface area contributed by atoms with Gasteiger partial charge >= 0.3 is 0 Å². The Bertz CT molecular complexity index is 7930. The van der Waals surface area contributed by atoms with Gasteiger partial charge in [0.05, 0.1) is 101 Å². The molecule has 722 valence electrons. The first-order valence-electron chi connectivity index (χ1n) is 46.4. The third kappa shape index (κ3) is 18.8. The Kier molecular flexibility index (Phi) is 27.4. The van der Waals surface area contributed by atoms with E-state index in [2.05, 4.69) is 192 Å². The zero-order valence-corrected chi connectivity index (χ0v) is 83.6. The van der Waals surface area contributed by atoms with Gasteiger partial charge in [-0.1, -0.05) is 109 Å². The van der Waals surface area contributed by atoms with E-state index >= 15 is 0 Å². The summed E-state index contributed by atoms with van der Waals surface area (Å²) >= 11 is 6.71. The van der Waals surface area contributed by atoms with Gasteiger partial charge in [-0.15, -0.1) is 0 Å². The summed E-state index contributed by atoms with van der Waals surface area (Å²) in [6.45, 7) is 6.65. The maximum atomic E-state index is 14.4. The second-order valence-electron chi connectivity index (χ2n) is 35.1. The Labute approximate surface area is 854 Å². The molecule has 4 aromatic heterocycles. The number of para-hydroxylation sites is 2. The van der Waals surface area contributed by atoms with Crippen molar-refractivity contribution in [1.29, 1.82) is 0 Å².